The molecule has 1 aromatic heterocycles. The molecule has 15 heavy (non-hydrogen) atoms. The fourth-order valence-corrected chi connectivity index (χ4v) is 2.34. The van der Waals surface area contributed by atoms with Gasteiger partial charge in [-0.2, -0.15) is 0 Å². The van der Waals surface area contributed by atoms with Crippen LogP contribution >= 0.6 is 31.9 Å². The Morgan fingerprint density at radius 1 is 1.60 bits per heavy atom. The van der Waals surface area contributed by atoms with Crippen LogP contribution in [0.2, 0.25) is 0 Å². The molecule has 1 fully saturated rings. The molecule has 1 amide bonds. The average Bonchev–Trinajstić information content (AvgIpc) is 2.50. The predicted octanol–water partition coefficient (Wildman–Crippen LogP) is 2.65. The second kappa shape index (κ2) is 4.22. The Kier molecular flexibility index (Phi) is 3.11. The quantitative estimate of drug-likeness (QED) is 0.740. The fraction of sp³-hybridized carbons (Fsp3) is 0.400. The Hall–Kier alpha value is -0.420. The molecule has 1 atom stereocenters. The summed E-state index contributed by atoms with van der Waals surface area (Å²) in [7, 11) is 0. The van der Waals surface area contributed by atoms with Gasteiger partial charge in [0.2, 0.25) is 5.91 Å². The summed E-state index contributed by atoms with van der Waals surface area (Å²) >= 11 is 6.84. The number of hydrogen-bond acceptors (Lipinski definition) is 2. The number of carbonyl (C=O) groups is 1. The van der Waals surface area contributed by atoms with Crippen LogP contribution in [-0.2, 0) is 4.79 Å². The van der Waals surface area contributed by atoms with Gasteiger partial charge in [-0.3, -0.25) is 9.69 Å². The number of amides is 1. The second-order valence-corrected chi connectivity index (χ2v) is 5.75. The Morgan fingerprint density at radius 2 is 2.33 bits per heavy atom. The smallest absolute Gasteiger partial charge is 0.229 e. The van der Waals surface area contributed by atoms with Crippen LogP contribution in [0.3, 0.4) is 0 Å². The zero-order valence-corrected chi connectivity index (χ0v) is 11.4. The largest absolute Gasteiger partial charge is 0.296 e. The van der Waals surface area contributed by atoms with Gasteiger partial charge in [0, 0.05) is 28.5 Å². The number of carbonyl (C=O) groups excluding carboxylic acids is 1. The van der Waals surface area contributed by atoms with E-state index in [0.29, 0.717) is 13.0 Å². The lowest BCUT2D eigenvalue weighted by Gasteiger charge is -2.15. The highest BCUT2D eigenvalue weighted by Crippen LogP contribution is 2.26. The summed E-state index contributed by atoms with van der Waals surface area (Å²) in [5.41, 5.74) is 1.09. The van der Waals surface area contributed by atoms with Gasteiger partial charge in [-0.25, -0.2) is 4.98 Å². The van der Waals surface area contributed by atoms with Gasteiger partial charge in [-0.1, -0.05) is 15.9 Å². The van der Waals surface area contributed by atoms with E-state index in [2.05, 4.69) is 36.8 Å². The van der Waals surface area contributed by atoms with Crippen LogP contribution < -0.4 is 4.90 Å². The highest BCUT2D eigenvalue weighted by molar-refractivity contribution is 9.10. The first kappa shape index (κ1) is 11.1. The van der Waals surface area contributed by atoms with Crippen molar-refractivity contribution in [2.75, 3.05) is 11.4 Å². The van der Waals surface area contributed by atoms with Crippen molar-refractivity contribution in [3.8, 4) is 0 Å². The Balaban J connectivity index is 2.30. The molecule has 0 N–H and O–H groups in total. The van der Waals surface area contributed by atoms with Crippen molar-refractivity contribution < 1.29 is 4.79 Å². The third-order valence-corrected chi connectivity index (χ3v) is 3.83. The second-order valence-electron chi connectivity index (χ2n) is 3.60. The maximum absolute atomic E-state index is 11.6. The highest BCUT2D eigenvalue weighted by Gasteiger charge is 2.29. The standard InChI is InChI=1S/C10H10Br2N2O/c1-6-2-9(13-4-8(6)12)14-5-7(11)3-10(14)15/h2,4,7H,3,5H2,1H3. The van der Waals surface area contributed by atoms with Gasteiger partial charge < -0.3 is 0 Å². The Labute approximate surface area is 105 Å². The van der Waals surface area contributed by atoms with Gasteiger partial charge in [0.05, 0.1) is 0 Å². The molecule has 3 nitrogen and oxygen atoms in total. The molecule has 2 heterocycles. The zero-order chi connectivity index (χ0) is 11.0. The molecule has 80 valence electrons. The number of nitrogens with zero attached hydrogens (tertiary/aromatic N) is 2. The average molecular weight is 334 g/mol. The maximum atomic E-state index is 11.6. The minimum Gasteiger partial charge on any atom is -0.296 e. The molecule has 1 saturated heterocycles. The lowest BCUT2D eigenvalue weighted by Crippen LogP contribution is -2.25. The van der Waals surface area contributed by atoms with E-state index in [1.165, 1.54) is 0 Å². The molecule has 2 rings (SSSR count). The van der Waals surface area contributed by atoms with Crippen LogP contribution in [0.25, 0.3) is 0 Å². The number of halogens is 2. The molecule has 1 aliphatic heterocycles. The number of pyridine rings is 1. The summed E-state index contributed by atoms with van der Waals surface area (Å²) < 4.78 is 0.966. The molecule has 0 spiro atoms. The van der Waals surface area contributed by atoms with Crippen molar-refractivity contribution in [1.82, 2.24) is 4.98 Å². The number of aromatic nitrogens is 1. The first-order chi connectivity index (χ1) is 7.08. The summed E-state index contributed by atoms with van der Waals surface area (Å²) in [6.07, 6.45) is 2.29. The van der Waals surface area contributed by atoms with E-state index in [9.17, 15) is 4.79 Å². The molecule has 0 aliphatic carbocycles. The van der Waals surface area contributed by atoms with Crippen molar-refractivity contribution in [2.24, 2.45) is 0 Å². The molecular formula is C10H10Br2N2O. The van der Waals surface area contributed by atoms with E-state index in [0.717, 1.165) is 15.9 Å². The van der Waals surface area contributed by atoms with Crippen LogP contribution in [-0.4, -0.2) is 22.3 Å². The topological polar surface area (TPSA) is 33.2 Å². The predicted molar refractivity (Wildman–Crippen MR) is 66.4 cm³/mol. The van der Waals surface area contributed by atoms with E-state index in [1.807, 2.05) is 13.0 Å². The first-order valence-corrected chi connectivity index (χ1v) is 6.35. The molecule has 0 radical (unpaired) electrons. The SMILES string of the molecule is Cc1cc(N2CC(Br)CC2=O)ncc1Br. The molecule has 0 saturated carbocycles. The van der Waals surface area contributed by atoms with Gasteiger partial charge in [-0.05, 0) is 34.5 Å². The van der Waals surface area contributed by atoms with E-state index >= 15 is 0 Å². The van der Waals surface area contributed by atoms with Gasteiger partial charge in [0.25, 0.3) is 0 Å². The fourth-order valence-electron chi connectivity index (χ4n) is 1.56. The third-order valence-electron chi connectivity index (χ3n) is 2.39. The van der Waals surface area contributed by atoms with Crippen molar-refractivity contribution in [3.05, 3.63) is 22.3 Å². The van der Waals surface area contributed by atoms with Crippen molar-refractivity contribution >= 4 is 43.6 Å². The molecular weight excluding hydrogens is 324 g/mol. The summed E-state index contributed by atoms with van der Waals surface area (Å²) in [4.78, 5) is 17.8. The van der Waals surface area contributed by atoms with E-state index in [4.69, 9.17) is 0 Å². The number of hydrogen-bond donors (Lipinski definition) is 0. The van der Waals surface area contributed by atoms with E-state index in [-0.39, 0.29) is 10.7 Å². The van der Waals surface area contributed by atoms with Crippen LogP contribution in [0.5, 0.6) is 0 Å². The van der Waals surface area contributed by atoms with Gasteiger partial charge in [-0.15, -0.1) is 0 Å². The monoisotopic (exact) mass is 332 g/mol. The number of anilines is 1. The zero-order valence-electron chi connectivity index (χ0n) is 8.20. The summed E-state index contributed by atoms with van der Waals surface area (Å²) in [6, 6.07) is 1.92. The molecule has 0 aromatic carbocycles. The van der Waals surface area contributed by atoms with Crippen molar-refractivity contribution in [3.63, 3.8) is 0 Å². The highest BCUT2D eigenvalue weighted by atomic mass is 79.9. The minimum absolute atomic E-state index is 0.131. The van der Waals surface area contributed by atoms with Gasteiger partial charge in [0.15, 0.2) is 0 Å². The molecule has 1 aromatic rings. The summed E-state index contributed by atoms with van der Waals surface area (Å²) in [5, 5.41) is 0. The Morgan fingerprint density at radius 3 is 2.87 bits per heavy atom. The summed E-state index contributed by atoms with van der Waals surface area (Å²) in [5.74, 6) is 0.869. The number of alkyl halides is 1. The van der Waals surface area contributed by atoms with Crippen molar-refractivity contribution in [1.29, 1.82) is 0 Å². The normalized spacial score (nSPS) is 21.1. The molecule has 0 bridgehead atoms. The Bertz CT molecular complexity index is 408. The number of aryl methyl sites for hydroxylation is 1. The van der Waals surface area contributed by atoms with Crippen LogP contribution in [0.4, 0.5) is 5.82 Å². The van der Waals surface area contributed by atoms with E-state index < -0.39 is 0 Å². The number of rotatable bonds is 1. The molecule has 1 aliphatic rings. The van der Waals surface area contributed by atoms with Gasteiger partial charge >= 0.3 is 0 Å². The van der Waals surface area contributed by atoms with Crippen LogP contribution in [0, 0.1) is 6.92 Å². The lowest BCUT2D eigenvalue weighted by atomic mass is 10.3. The summed E-state index contributed by atoms with van der Waals surface area (Å²) in [6.45, 7) is 2.69. The maximum Gasteiger partial charge on any atom is 0.229 e. The van der Waals surface area contributed by atoms with Crippen LogP contribution in [0.1, 0.15) is 12.0 Å². The minimum atomic E-state index is 0.131. The lowest BCUT2D eigenvalue weighted by molar-refractivity contribution is -0.117. The van der Waals surface area contributed by atoms with E-state index in [1.54, 1.807) is 11.1 Å². The molecule has 5 heteroatoms. The van der Waals surface area contributed by atoms with Gasteiger partial charge in [0.1, 0.15) is 5.82 Å². The van der Waals surface area contributed by atoms with Crippen molar-refractivity contribution in [2.45, 2.75) is 18.2 Å². The first-order valence-electron chi connectivity index (χ1n) is 4.64. The van der Waals surface area contributed by atoms with Crippen LogP contribution in [0.15, 0.2) is 16.7 Å². The molecule has 1 unspecified atom stereocenters. The third kappa shape index (κ3) is 2.23.